The van der Waals surface area contributed by atoms with Crippen LogP contribution in [-0.4, -0.2) is 34.0 Å². The van der Waals surface area contributed by atoms with E-state index in [9.17, 15) is 9.18 Å². The van der Waals surface area contributed by atoms with Crippen LogP contribution in [-0.2, 0) is 24.3 Å². The number of nitrogens with zero attached hydrogens (tertiary/aromatic N) is 4. The monoisotopic (exact) mass is 570 g/mol. The van der Waals surface area contributed by atoms with E-state index in [2.05, 4.69) is 9.97 Å². The predicted molar refractivity (Wildman–Crippen MR) is 149 cm³/mol. The topological polar surface area (TPSA) is 90.0 Å². The van der Waals surface area contributed by atoms with E-state index in [4.69, 9.17) is 14.7 Å². The molecule has 0 aliphatic heterocycles. The van der Waals surface area contributed by atoms with Gasteiger partial charge < -0.3 is 14.0 Å². The molecule has 10 heteroatoms. The smallest absolute Gasteiger partial charge is 0.221 e. The highest BCUT2D eigenvalue weighted by molar-refractivity contribution is 5.97. The summed E-state index contributed by atoms with van der Waals surface area (Å²) in [5.41, 5.74) is 2.40. The first-order valence-corrected chi connectivity index (χ1v) is 13.0. The molecule has 2 aromatic heterocycles. The van der Waals surface area contributed by atoms with Gasteiger partial charge in [-0.25, -0.2) is 23.1 Å². The molecule has 0 atom stereocenters. The lowest BCUT2D eigenvalue weighted by Crippen LogP contribution is -2.10. The summed E-state index contributed by atoms with van der Waals surface area (Å²) in [5.74, 6) is -1.59. The van der Waals surface area contributed by atoms with Crippen LogP contribution in [0.25, 0.3) is 22.2 Å². The Balaban J connectivity index is 1.45. The molecule has 0 N–H and O–H groups in total. The van der Waals surface area contributed by atoms with E-state index in [0.29, 0.717) is 35.6 Å². The Bertz CT molecular complexity index is 1850. The Labute approximate surface area is 239 Å². The number of Topliss-reactive ketones (excluding diaryl/α,β-unsaturated/α-hetero) is 1. The highest BCUT2D eigenvalue weighted by Crippen LogP contribution is 2.33. The average molecular weight is 571 g/mol. The number of carbonyl (C=O) groups is 1. The first kappa shape index (κ1) is 28.5. The van der Waals surface area contributed by atoms with Crippen LogP contribution in [0.3, 0.4) is 0 Å². The fraction of sp³-hybridized carbons (Fsp3) is 0.188. The number of nitriles is 1. The molecule has 0 spiro atoms. The van der Waals surface area contributed by atoms with E-state index in [1.807, 2.05) is 10.6 Å². The normalized spacial score (nSPS) is 11.0. The molecule has 0 amide bonds. The van der Waals surface area contributed by atoms with Gasteiger partial charge in [-0.15, -0.1) is 0 Å². The van der Waals surface area contributed by atoms with Crippen LogP contribution >= 0.6 is 0 Å². The molecule has 5 aromatic rings. The molecule has 0 aliphatic rings. The number of halogens is 3. The van der Waals surface area contributed by atoms with E-state index in [0.717, 1.165) is 18.2 Å². The fourth-order valence-corrected chi connectivity index (χ4v) is 4.65. The van der Waals surface area contributed by atoms with E-state index in [1.54, 1.807) is 31.4 Å². The van der Waals surface area contributed by atoms with Crippen LogP contribution < -0.4 is 4.74 Å². The Morgan fingerprint density at radius 2 is 1.79 bits per heavy atom. The zero-order valence-electron chi connectivity index (χ0n) is 22.8. The van der Waals surface area contributed by atoms with Gasteiger partial charge in [-0.3, -0.25) is 4.79 Å². The van der Waals surface area contributed by atoms with Gasteiger partial charge in [-0.1, -0.05) is 6.07 Å². The molecule has 0 saturated carbocycles. The van der Waals surface area contributed by atoms with Crippen LogP contribution in [0, 0.1) is 28.8 Å². The summed E-state index contributed by atoms with van der Waals surface area (Å²) in [7, 11) is 1.56. The van der Waals surface area contributed by atoms with Crippen molar-refractivity contribution in [1.29, 1.82) is 5.26 Å². The molecule has 0 radical (unpaired) electrons. The summed E-state index contributed by atoms with van der Waals surface area (Å²) in [6.07, 6.45) is 1.42. The largest absolute Gasteiger partial charge is 0.472 e. The van der Waals surface area contributed by atoms with Gasteiger partial charge in [0, 0.05) is 48.5 Å². The van der Waals surface area contributed by atoms with Crippen molar-refractivity contribution in [3.8, 4) is 23.1 Å². The van der Waals surface area contributed by atoms with Gasteiger partial charge in [0.05, 0.1) is 29.3 Å². The molecular weight excluding hydrogens is 545 g/mol. The number of ether oxygens (including phenoxy) is 2. The maximum absolute atomic E-state index is 15.5. The van der Waals surface area contributed by atoms with Crippen LogP contribution in [0.5, 0.6) is 5.88 Å². The number of pyridine rings is 1. The predicted octanol–water partition coefficient (Wildman–Crippen LogP) is 6.41. The SMILES string of the molecule is COCCn1c(Cc2cc(F)c(-c3cccnc3OCc3ccc(C#N)cc3F)cc2F)nc2ccc(C(C)=O)cc21. The number of methoxy groups -OCH3 is 1. The first-order chi connectivity index (χ1) is 20.3. The Kier molecular flexibility index (Phi) is 8.31. The second-order valence-electron chi connectivity index (χ2n) is 9.60. The maximum Gasteiger partial charge on any atom is 0.221 e. The standard InChI is InChI=1S/C32H25F3N4O3/c1-19(40)21-7-8-29-30(14-21)39(10-11-41-2)31(38-29)15-23-13-28(35)25(16-27(23)34)24-4-3-9-37-32(24)42-18-22-6-5-20(17-36)12-26(22)33/h3-9,12-14,16H,10-11,15,18H2,1-2H3. The molecule has 2 heterocycles. The molecule has 5 rings (SSSR count). The lowest BCUT2D eigenvalue weighted by atomic mass is 10.0. The average Bonchev–Trinajstić information content (AvgIpc) is 3.33. The number of fused-ring (bicyclic) bond motifs is 1. The third-order valence-electron chi connectivity index (χ3n) is 6.85. The molecule has 7 nitrogen and oxygen atoms in total. The Morgan fingerprint density at radius 1 is 0.976 bits per heavy atom. The summed E-state index contributed by atoms with van der Waals surface area (Å²) in [5, 5.41) is 8.94. The Morgan fingerprint density at radius 3 is 2.52 bits per heavy atom. The molecule has 212 valence electrons. The van der Waals surface area contributed by atoms with Crippen LogP contribution in [0.15, 0.2) is 66.9 Å². The Hall–Kier alpha value is -5.01. The number of rotatable bonds is 10. The van der Waals surface area contributed by atoms with E-state index in [-0.39, 0.29) is 52.5 Å². The van der Waals surface area contributed by atoms with Gasteiger partial charge in [-0.2, -0.15) is 5.26 Å². The van der Waals surface area contributed by atoms with Gasteiger partial charge in [-0.05, 0) is 67.1 Å². The highest BCUT2D eigenvalue weighted by atomic mass is 19.1. The third kappa shape index (κ3) is 5.87. The molecule has 42 heavy (non-hydrogen) atoms. The van der Waals surface area contributed by atoms with Crippen molar-refractivity contribution in [2.45, 2.75) is 26.5 Å². The molecule has 0 bridgehead atoms. The molecule has 0 aliphatic carbocycles. The third-order valence-corrected chi connectivity index (χ3v) is 6.85. The second kappa shape index (κ2) is 12.2. The quantitative estimate of drug-likeness (QED) is 0.180. The van der Waals surface area contributed by atoms with Crippen molar-refractivity contribution in [2.24, 2.45) is 0 Å². The zero-order chi connectivity index (χ0) is 29.8. The number of hydrogen-bond acceptors (Lipinski definition) is 6. The molecule has 0 unspecified atom stereocenters. The zero-order valence-corrected chi connectivity index (χ0v) is 22.8. The van der Waals surface area contributed by atoms with E-state index >= 15 is 8.78 Å². The maximum atomic E-state index is 15.5. The van der Waals surface area contributed by atoms with Crippen LogP contribution in [0.4, 0.5) is 13.2 Å². The molecular formula is C32H25F3N4O3. The fourth-order valence-electron chi connectivity index (χ4n) is 4.65. The number of hydrogen-bond donors (Lipinski definition) is 0. The van der Waals surface area contributed by atoms with Crippen molar-refractivity contribution in [3.63, 3.8) is 0 Å². The number of carbonyl (C=O) groups excluding carboxylic acids is 1. The lowest BCUT2D eigenvalue weighted by Gasteiger charge is -2.14. The summed E-state index contributed by atoms with van der Waals surface area (Å²) < 4.78 is 58.1. The second-order valence-corrected chi connectivity index (χ2v) is 9.60. The van der Waals surface area contributed by atoms with Crippen LogP contribution in [0.2, 0.25) is 0 Å². The number of benzene rings is 3. The minimum absolute atomic E-state index is 0.00468. The van der Waals surface area contributed by atoms with Gasteiger partial charge >= 0.3 is 0 Å². The molecule has 0 fully saturated rings. The van der Waals surface area contributed by atoms with E-state index < -0.39 is 17.5 Å². The summed E-state index contributed by atoms with van der Waals surface area (Å²) >= 11 is 0. The van der Waals surface area contributed by atoms with Gasteiger partial charge in [0.15, 0.2) is 5.78 Å². The minimum Gasteiger partial charge on any atom is -0.472 e. The summed E-state index contributed by atoms with van der Waals surface area (Å²) in [6, 6.07) is 16.3. The van der Waals surface area contributed by atoms with Crippen molar-refractivity contribution in [2.75, 3.05) is 13.7 Å². The molecule has 3 aromatic carbocycles. The van der Waals surface area contributed by atoms with Crippen LogP contribution in [0.1, 0.15) is 39.8 Å². The van der Waals surface area contributed by atoms with Gasteiger partial charge in [0.2, 0.25) is 5.88 Å². The van der Waals surface area contributed by atoms with Crippen molar-refractivity contribution >= 4 is 16.8 Å². The van der Waals surface area contributed by atoms with Gasteiger partial charge in [0.1, 0.15) is 29.9 Å². The van der Waals surface area contributed by atoms with Crippen molar-refractivity contribution in [3.05, 3.63) is 112 Å². The van der Waals surface area contributed by atoms with E-state index in [1.165, 1.54) is 31.3 Å². The number of aromatic nitrogens is 3. The van der Waals surface area contributed by atoms with Gasteiger partial charge in [0.25, 0.3) is 0 Å². The summed E-state index contributed by atoms with van der Waals surface area (Å²) in [4.78, 5) is 20.7. The number of ketones is 1. The molecule has 0 saturated heterocycles. The first-order valence-electron chi connectivity index (χ1n) is 13.0. The van der Waals surface area contributed by atoms with Crippen molar-refractivity contribution < 1.29 is 27.4 Å². The summed E-state index contributed by atoms with van der Waals surface area (Å²) in [6.45, 7) is 2.01. The highest BCUT2D eigenvalue weighted by Gasteiger charge is 2.20. The minimum atomic E-state index is -0.702. The lowest BCUT2D eigenvalue weighted by molar-refractivity contribution is 0.101. The number of imidazole rings is 1. The van der Waals surface area contributed by atoms with Crippen molar-refractivity contribution in [1.82, 2.24) is 14.5 Å².